The van der Waals surface area contributed by atoms with Crippen LogP contribution in [-0.2, 0) is 14.8 Å². The van der Waals surface area contributed by atoms with Crippen LogP contribution < -0.4 is 9.62 Å². The molecule has 1 fully saturated rings. The van der Waals surface area contributed by atoms with E-state index in [0.29, 0.717) is 11.8 Å². The third-order valence-electron chi connectivity index (χ3n) is 4.21. The van der Waals surface area contributed by atoms with Gasteiger partial charge < -0.3 is 5.32 Å². The van der Waals surface area contributed by atoms with Crippen LogP contribution in [-0.4, -0.2) is 44.7 Å². The molecule has 0 spiro atoms. The Balaban J connectivity index is 1.87. The van der Waals surface area contributed by atoms with E-state index in [4.69, 9.17) is 0 Å². The lowest BCUT2D eigenvalue weighted by Gasteiger charge is -2.22. The Morgan fingerprint density at radius 3 is 2.54 bits per heavy atom. The molecule has 0 atom stereocenters. The summed E-state index contributed by atoms with van der Waals surface area (Å²) in [6.45, 7) is -0.0343. The number of sulfonamides is 1. The van der Waals surface area contributed by atoms with Crippen LogP contribution in [0.2, 0.25) is 0 Å². The minimum absolute atomic E-state index is 0.0851. The molecule has 1 aromatic carbocycles. The predicted octanol–water partition coefficient (Wildman–Crippen LogP) is 2.91. The predicted molar refractivity (Wildman–Crippen MR) is 101 cm³/mol. The zero-order valence-corrected chi connectivity index (χ0v) is 16.3. The Morgan fingerprint density at radius 2 is 1.92 bits per heavy atom. The molecule has 0 unspecified atom stereocenters. The minimum Gasteiger partial charge on any atom is -0.354 e. The van der Waals surface area contributed by atoms with Crippen LogP contribution in [0.1, 0.15) is 32.1 Å². The van der Waals surface area contributed by atoms with Crippen molar-refractivity contribution < 1.29 is 22.0 Å². The zero-order valence-electron chi connectivity index (χ0n) is 14.7. The third kappa shape index (κ3) is 6.42. The Morgan fingerprint density at radius 1 is 1.23 bits per heavy atom. The van der Waals surface area contributed by atoms with Gasteiger partial charge in [0, 0.05) is 23.6 Å². The number of amides is 1. The van der Waals surface area contributed by atoms with E-state index >= 15 is 0 Å². The second-order valence-electron chi connectivity index (χ2n) is 6.35. The van der Waals surface area contributed by atoms with Crippen LogP contribution >= 0.6 is 11.8 Å². The first-order chi connectivity index (χ1) is 12.3. The third-order valence-corrected chi connectivity index (χ3v) is 6.73. The normalized spacial score (nSPS) is 15.7. The molecule has 0 heterocycles. The van der Waals surface area contributed by atoms with E-state index in [0.717, 1.165) is 34.5 Å². The molecule has 26 heavy (non-hydrogen) atoms. The first-order valence-corrected chi connectivity index (χ1v) is 11.5. The summed E-state index contributed by atoms with van der Waals surface area (Å²) >= 11 is 1.83. The van der Waals surface area contributed by atoms with Gasteiger partial charge in [0.15, 0.2) is 11.6 Å². The van der Waals surface area contributed by atoms with Crippen molar-refractivity contribution in [2.24, 2.45) is 0 Å². The van der Waals surface area contributed by atoms with Gasteiger partial charge >= 0.3 is 0 Å². The highest BCUT2D eigenvalue weighted by atomic mass is 32.2. The van der Waals surface area contributed by atoms with Gasteiger partial charge in [-0.25, -0.2) is 17.2 Å². The summed E-state index contributed by atoms with van der Waals surface area (Å²) in [7, 11) is -3.81. The molecule has 1 amide bonds. The highest BCUT2D eigenvalue weighted by Crippen LogP contribution is 2.27. The molecule has 1 saturated carbocycles. The highest BCUT2D eigenvalue weighted by Gasteiger charge is 2.22. The van der Waals surface area contributed by atoms with Crippen LogP contribution in [0.4, 0.5) is 14.5 Å². The van der Waals surface area contributed by atoms with Gasteiger partial charge in [0.05, 0.1) is 11.9 Å². The Labute approximate surface area is 157 Å². The molecule has 1 N–H and O–H groups in total. The summed E-state index contributed by atoms with van der Waals surface area (Å²) in [5, 5.41) is 3.32. The number of thioether (sulfide) groups is 1. The van der Waals surface area contributed by atoms with Gasteiger partial charge in [0.25, 0.3) is 0 Å². The van der Waals surface area contributed by atoms with Gasteiger partial charge in [-0.3, -0.25) is 9.10 Å². The highest BCUT2D eigenvalue weighted by molar-refractivity contribution is 7.99. The van der Waals surface area contributed by atoms with E-state index in [-0.39, 0.29) is 5.69 Å². The van der Waals surface area contributed by atoms with E-state index < -0.39 is 34.1 Å². The molecule has 146 valence electrons. The molecule has 0 radical (unpaired) electrons. The Kier molecular flexibility index (Phi) is 7.69. The van der Waals surface area contributed by atoms with E-state index in [1.165, 1.54) is 32.1 Å². The summed E-state index contributed by atoms with van der Waals surface area (Å²) in [6.07, 6.45) is 7.12. The maximum absolute atomic E-state index is 13.4. The minimum atomic E-state index is -3.81. The van der Waals surface area contributed by atoms with Crippen molar-refractivity contribution in [3.63, 3.8) is 0 Å². The number of benzene rings is 1. The van der Waals surface area contributed by atoms with E-state index in [2.05, 4.69) is 5.32 Å². The average molecular weight is 407 g/mol. The molecule has 2 rings (SSSR count). The molecule has 1 aliphatic rings. The van der Waals surface area contributed by atoms with Crippen LogP contribution in [0.25, 0.3) is 0 Å². The van der Waals surface area contributed by atoms with Crippen LogP contribution in [0.5, 0.6) is 0 Å². The van der Waals surface area contributed by atoms with Gasteiger partial charge in [-0.1, -0.05) is 19.3 Å². The zero-order chi connectivity index (χ0) is 19.2. The fraction of sp³-hybridized carbons (Fsp3) is 0.588. The van der Waals surface area contributed by atoms with E-state index in [1.54, 1.807) is 0 Å². The maximum atomic E-state index is 13.4. The number of carbonyl (C=O) groups excluding carboxylic acids is 1. The molecule has 0 bridgehead atoms. The standard InChI is InChI=1S/C17H24F2N2O3S2/c1-26(23,24)21(13-7-8-15(18)16(19)11-13)12-17(22)20-9-10-25-14-5-3-2-4-6-14/h7-8,11,14H,2-6,9-10,12H2,1H3,(H,20,22). The number of rotatable bonds is 8. The smallest absolute Gasteiger partial charge is 0.240 e. The number of hydrogen-bond donors (Lipinski definition) is 1. The number of nitrogens with zero attached hydrogens (tertiary/aromatic N) is 1. The topological polar surface area (TPSA) is 66.5 Å². The second-order valence-corrected chi connectivity index (χ2v) is 9.66. The summed E-state index contributed by atoms with van der Waals surface area (Å²) in [6, 6.07) is 2.73. The molecule has 1 aromatic rings. The van der Waals surface area contributed by atoms with Crippen molar-refractivity contribution in [3.05, 3.63) is 29.8 Å². The summed E-state index contributed by atoms with van der Waals surface area (Å²) in [5.74, 6) is -1.96. The fourth-order valence-corrected chi connectivity index (χ4v) is 4.94. The van der Waals surface area contributed by atoms with E-state index in [9.17, 15) is 22.0 Å². The molecule has 9 heteroatoms. The molecular weight excluding hydrogens is 382 g/mol. The van der Waals surface area contributed by atoms with E-state index in [1.807, 2.05) is 11.8 Å². The molecular formula is C17H24F2N2O3S2. The molecule has 5 nitrogen and oxygen atoms in total. The summed E-state index contributed by atoms with van der Waals surface area (Å²) in [4.78, 5) is 12.1. The van der Waals surface area contributed by atoms with Crippen molar-refractivity contribution in [3.8, 4) is 0 Å². The molecule has 0 saturated heterocycles. The lowest BCUT2D eigenvalue weighted by Crippen LogP contribution is -2.41. The van der Waals surface area contributed by atoms with Crippen LogP contribution in [0.15, 0.2) is 18.2 Å². The van der Waals surface area contributed by atoms with Crippen molar-refractivity contribution in [1.29, 1.82) is 0 Å². The van der Waals surface area contributed by atoms with Crippen molar-refractivity contribution in [2.75, 3.05) is 29.4 Å². The largest absolute Gasteiger partial charge is 0.354 e. The molecule has 0 aromatic heterocycles. The van der Waals surface area contributed by atoms with Crippen LogP contribution in [0.3, 0.4) is 0 Å². The lowest BCUT2D eigenvalue weighted by atomic mass is 10.0. The van der Waals surface area contributed by atoms with Gasteiger partial charge in [-0.15, -0.1) is 0 Å². The lowest BCUT2D eigenvalue weighted by molar-refractivity contribution is -0.119. The number of hydrogen-bond acceptors (Lipinski definition) is 4. The molecule has 1 aliphatic carbocycles. The first kappa shape index (κ1) is 21.0. The Bertz CT molecular complexity index is 723. The Hall–Kier alpha value is -1.35. The maximum Gasteiger partial charge on any atom is 0.240 e. The number of halogens is 2. The van der Waals surface area contributed by atoms with Gasteiger partial charge in [0.2, 0.25) is 15.9 Å². The van der Waals surface area contributed by atoms with Gasteiger partial charge in [-0.2, -0.15) is 11.8 Å². The van der Waals surface area contributed by atoms with Crippen LogP contribution in [0, 0.1) is 11.6 Å². The van der Waals surface area contributed by atoms with Crippen molar-refractivity contribution >= 4 is 33.4 Å². The number of anilines is 1. The second kappa shape index (κ2) is 9.55. The average Bonchev–Trinajstić information content (AvgIpc) is 2.59. The first-order valence-electron chi connectivity index (χ1n) is 8.58. The van der Waals surface area contributed by atoms with Gasteiger partial charge in [0.1, 0.15) is 6.54 Å². The quantitative estimate of drug-likeness (QED) is 0.674. The summed E-state index contributed by atoms with van der Waals surface area (Å²) < 4.78 is 51.1. The number of carbonyl (C=O) groups is 1. The summed E-state index contributed by atoms with van der Waals surface area (Å²) in [5.41, 5.74) is -0.0851. The fourth-order valence-electron chi connectivity index (χ4n) is 2.87. The van der Waals surface area contributed by atoms with Gasteiger partial charge in [-0.05, 0) is 25.0 Å². The SMILES string of the molecule is CS(=O)(=O)N(CC(=O)NCCSC1CCCCC1)c1ccc(F)c(F)c1. The van der Waals surface area contributed by atoms with Crippen molar-refractivity contribution in [1.82, 2.24) is 5.32 Å². The molecule has 0 aliphatic heterocycles. The van der Waals surface area contributed by atoms with Crippen molar-refractivity contribution in [2.45, 2.75) is 37.4 Å². The number of nitrogens with one attached hydrogen (secondary N) is 1. The monoisotopic (exact) mass is 406 g/mol.